The van der Waals surface area contributed by atoms with Gasteiger partial charge in [0.25, 0.3) is 6.43 Å². The van der Waals surface area contributed by atoms with E-state index in [0.717, 1.165) is 4.90 Å². The first-order valence-electron chi connectivity index (χ1n) is 5.99. The molecule has 2 aromatic rings. The summed E-state index contributed by atoms with van der Waals surface area (Å²) in [5.41, 5.74) is 2.25. The van der Waals surface area contributed by atoms with Crippen LogP contribution in [0.1, 0.15) is 0 Å². The molecular formula is C10H14F2N8O. The molecule has 0 aliphatic heterocycles. The van der Waals surface area contributed by atoms with Crippen molar-refractivity contribution in [1.29, 1.82) is 0 Å². The number of nitrogens with two attached hydrogens (primary N) is 1. The van der Waals surface area contributed by atoms with Crippen LogP contribution in [0.25, 0.3) is 5.95 Å². The number of alkyl halides is 2. The van der Waals surface area contributed by atoms with E-state index < -0.39 is 13.0 Å². The maximum atomic E-state index is 12.6. The fourth-order valence-corrected chi connectivity index (χ4v) is 1.61. The van der Waals surface area contributed by atoms with Crippen LogP contribution in [0.5, 0.6) is 0 Å². The molecule has 21 heavy (non-hydrogen) atoms. The third kappa shape index (κ3) is 3.79. The summed E-state index contributed by atoms with van der Waals surface area (Å²) < 4.78 is 26.7. The van der Waals surface area contributed by atoms with Gasteiger partial charge in [0.15, 0.2) is 0 Å². The fourth-order valence-electron chi connectivity index (χ4n) is 1.61. The number of nitrogen functional groups attached to an aromatic ring is 1. The van der Waals surface area contributed by atoms with Gasteiger partial charge in [-0.2, -0.15) is 15.0 Å². The van der Waals surface area contributed by atoms with Gasteiger partial charge < -0.3 is 10.0 Å². The predicted octanol–water partition coefficient (Wildman–Crippen LogP) is -0.593. The number of nitrogens with zero attached hydrogens (tertiary/aromatic N) is 6. The molecule has 9 nitrogen and oxygen atoms in total. The Morgan fingerprint density at radius 1 is 1.38 bits per heavy atom. The molecule has 114 valence electrons. The topological polar surface area (TPSA) is 118 Å². The van der Waals surface area contributed by atoms with Crippen LogP contribution in [0.2, 0.25) is 0 Å². The maximum Gasteiger partial charge on any atom is 0.255 e. The number of nitrogens with one attached hydrogen (secondary N) is 1. The van der Waals surface area contributed by atoms with Crippen molar-refractivity contribution in [2.24, 2.45) is 5.84 Å². The number of rotatable bonds is 7. The Hall–Kier alpha value is -2.40. The van der Waals surface area contributed by atoms with Crippen LogP contribution in [-0.2, 0) is 0 Å². The molecule has 4 N–H and O–H groups in total. The van der Waals surface area contributed by atoms with Gasteiger partial charge in [0.2, 0.25) is 17.8 Å². The number of aromatic nitrogens is 5. The molecule has 0 unspecified atom stereocenters. The predicted molar refractivity (Wildman–Crippen MR) is 70.1 cm³/mol. The monoisotopic (exact) mass is 300 g/mol. The fraction of sp³-hybridized carbons (Fsp3) is 0.400. The number of anilines is 2. The van der Waals surface area contributed by atoms with Crippen molar-refractivity contribution in [2.45, 2.75) is 6.43 Å². The standard InChI is InChI=1S/C10H14F2N8O/c11-7(12)5-19(3-4-21)9-15-8(18-13)16-10(17-9)20-2-1-14-6-20/h1-2,6-7,21H,3-5,13H2,(H,15,16,17,18). The number of halogens is 2. The number of hydrazine groups is 1. The zero-order valence-electron chi connectivity index (χ0n) is 10.9. The summed E-state index contributed by atoms with van der Waals surface area (Å²) in [6, 6.07) is 0. The minimum atomic E-state index is -2.60. The van der Waals surface area contributed by atoms with Gasteiger partial charge >= 0.3 is 0 Å². The van der Waals surface area contributed by atoms with Crippen LogP contribution in [0.4, 0.5) is 20.7 Å². The Morgan fingerprint density at radius 3 is 2.76 bits per heavy atom. The molecule has 0 aliphatic rings. The Labute approximate surface area is 118 Å². The molecule has 2 heterocycles. The van der Waals surface area contributed by atoms with E-state index >= 15 is 0 Å². The van der Waals surface area contributed by atoms with E-state index in [1.165, 1.54) is 17.1 Å². The Morgan fingerprint density at radius 2 is 2.19 bits per heavy atom. The first-order valence-corrected chi connectivity index (χ1v) is 5.99. The van der Waals surface area contributed by atoms with Crippen molar-refractivity contribution in [1.82, 2.24) is 24.5 Å². The molecule has 11 heteroatoms. The molecule has 0 bridgehead atoms. The highest BCUT2D eigenvalue weighted by molar-refractivity contribution is 5.39. The Balaban J connectivity index is 2.38. The van der Waals surface area contributed by atoms with Crippen LogP contribution < -0.4 is 16.2 Å². The van der Waals surface area contributed by atoms with E-state index in [9.17, 15) is 8.78 Å². The molecule has 0 saturated heterocycles. The zero-order chi connectivity index (χ0) is 15.2. The highest BCUT2D eigenvalue weighted by Crippen LogP contribution is 2.14. The van der Waals surface area contributed by atoms with Gasteiger partial charge in [0.1, 0.15) is 6.33 Å². The lowest BCUT2D eigenvalue weighted by Gasteiger charge is -2.21. The summed E-state index contributed by atoms with van der Waals surface area (Å²) in [6.07, 6.45) is 1.95. The van der Waals surface area contributed by atoms with Gasteiger partial charge in [-0.05, 0) is 0 Å². The van der Waals surface area contributed by atoms with Gasteiger partial charge in [0.05, 0.1) is 13.2 Å². The minimum absolute atomic E-state index is 0.0147. The molecule has 0 amide bonds. The van der Waals surface area contributed by atoms with Crippen molar-refractivity contribution in [3.05, 3.63) is 18.7 Å². The van der Waals surface area contributed by atoms with E-state index in [0.29, 0.717) is 0 Å². The van der Waals surface area contributed by atoms with Gasteiger partial charge in [0, 0.05) is 18.9 Å². The third-order valence-electron chi connectivity index (χ3n) is 2.49. The quantitative estimate of drug-likeness (QED) is 0.458. The van der Waals surface area contributed by atoms with Crippen LogP contribution in [-0.4, -0.2) is 55.7 Å². The summed E-state index contributed by atoms with van der Waals surface area (Å²) in [7, 11) is 0. The molecule has 2 rings (SSSR count). The molecule has 0 spiro atoms. The summed E-state index contributed by atoms with van der Waals surface area (Å²) in [5.74, 6) is 5.44. The summed E-state index contributed by atoms with van der Waals surface area (Å²) in [6.45, 7) is -0.968. The van der Waals surface area contributed by atoms with Gasteiger partial charge in [-0.3, -0.25) is 9.99 Å². The highest BCUT2D eigenvalue weighted by Gasteiger charge is 2.17. The number of aliphatic hydroxyl groups excluding tert-OH is 1. The lowest BCUT2D eigenvalue weighted by Crippen LogP contribution is -2.33. The third-order valence-corrected chi connectivity index (χ3v) is 2.49. The number of imidazole rings is 1. The lowest BCUT2D eigenvalue weighted by molar-refractivity contribution is 0.152. The first kappa shape index (κ1) is 15.0. The number of hydrogen-bond acceptors (Lipinski definition) is 8. The van der Waals surface area contributed by atoms with E-state index in [1.807, 2.05) is 0 Å². The SMILES string of the molecule is NNc1nc(N(CCO)CC(F)F)nc(-n2ccnc2)n1. The molecule has 2 aromatic heterocycles. The maximum absolute atomic E-state index is 12.6. The van der Waals surface area contributed by atoms with Gasteiger partial charge in [-0.25, -0.2) is 19.6 Å². The van der Waals surface area contributed by atoms with Crippen molar-refractivity contribution in [3.63, 3.8) is 0 Å². The number of hydrogen-bond donors (Lipinski definition) is 3. The molecule has 0 aliphatic carbocycles. The number of aliphatic hydroxyl groups is 1. The largest absolute Gasteiger partial charge is 0.395 e. The van der Waals surface area contributed by atoms with Gasteiger partial charge in [-0.15, -0.1) is 0 Å². The lowest BCUT2D eigenvalue weighted by atomic mass is 10.5. The minimum Gasteiger partial charge on any atom is -0.395 e. The van der Waals surface area contributed by atoms with E-state index in [-0.39, 0.29) is 31.0 Å². The van der Waals surface area contributed by atoms with E-state index in [1.54, 1.807) is 6.20 Å². The molecule has 0 saturated carbocycles. The second-order valence-corrected chi connectivity index (χ2v) is 3.93. The van der Waals surface area contributed by atoms with Gasteiger partial charge in [-0.1, -0.05) is 0 Å². The Kier molecular flexibility index (Phi) is 4.90. The summed E-state index contributed by atoms with van der Waals surface area (Å²) in [5, 5.41) is 8.98. The van der Waals surface area contributed by atoms with Crippen LogP contribution >= 0.6 is 0 Å². The van der Waals surface area contributed by atoms with Crippen LogP contribution in [0, 0.1) is 0 Å². The molecule has 0 radical (unpaired) electrons. The van der Waals surface area contributed by atoms with E-state index in [2.05, 4.69) is 25.4 Å². The van der Waals surface area contributed by atoms with Crippen molar-refractivity contribution < 1.29 is 13.9 Å². The smallest absolute Gasteiger partial charge is 0.255 e. The van der Waals surface area contributed by atoms with Crippen molar-refractivity contribution in [3.8, 4) is 5.95 Å². The highest BCUT2D eigenvalue weighted by atomic mass is 19.3. The average Bonchev–Trinajstić information content (AvgIpc) is 3.00. The molecule has 0 aromatic carbocycles. The molecule has 0 atom stereocenters. The average molecular weight is 300 g/mol. The molecular weight excluding hydrogens is 286 g/mol. The molecule has 0 fully saturated rings. The second kappa shape index (κ2) is 6.85. The van der Waals surface area contributed by atoms with Crippen LogP contribution in [0.15, 0.2) is 18.7 Å². The zero-order valence-corrected chi connectivity index (χ0v) is 10.9. The first-order chi connectivity index (χ1) is 10.1. The summed E-state index contributed by atoms with van der Waals surface area (Å²) in [4.78, 5) is 17.0. The Bertz CT molecular complexity index is 564. The van der Waals surface area contributed by atoms with Crippen LogP contribution in [0.3, 0.4) is 0 Å². The van der Waals surface area contributed by atoms with Crippen molar-refractivity contribution in [2.75, 3.05) is 30.0 Å². The van der Waals surface area contributed by atoms with Crippen molar-refractivity contribution >= 4 is 11.9 Å². The normalized spacial score (nSPS) is 10.9. The second-order valence-electron chi connectivity index (χ2n) is 3.93. The summed E-state index contributed by atoms with van der Waals surface area (Å²) >= 11 is 0. The van der Waals surface area contributed by atoms with E-state index in [4.69, 9.17) is 10.9 Å².